The molecule has 0 saturated carbocycles. The molecule has 240 valence electrons. The van der Waals surface area contributed by atoms with E-state index in [4.69, 9.17) is 4.74 Å². The smallest absolute Gasteiger partial charge is 0.318 e. The number of benzene rings is 2. The van der Waals surface area contributed by atoms with Gasteiger partial charge in [0.15, 0.2) is 0 Å². The number of likely N-dealkylation sites (tertiary alicyclic amines) is 1. The van der Waals surface area contributed by atoms with Crippen molar-refractivity contribution in [3.63, 3.8) is 0 Å². The van der Waals surface area contributed by atoms with Crippen molar-refractivity contribution in [2.24, 2.45) is 5.92 Å². The minimum Gasteiger partial charge on any atom is -0.489 e. The van der Waals surface area contributed by atoms with Gasteiger partial charge in [0.1, 0.15) is 24.4 Å². The van der Waals surface area contributed by atoms with Crippen LogP contribution in [0.25, 0.3) is 0 Å². The molecule has 2 aromatic rings. The zero-order chi connectivity index (χ0) is 31.3. The molecule has 0 aromatic heterocycles. The fraction of sp³-hybridized carbons (Fsp3) is 0.571. The summed E-state index contributed by atoms with van der Waals surface area (Å²) in [7, 11) is 0. The highest BCUT2D eigenvalue weighted by atomic mass is 16.5. The Kier molecular flexibility index (Phi) is 12.9. The number of amides is 4. The van der Waals surface area contributed by atoms with Gasteiger partial charge in [0.05, 0.1) is 0 Å². The van der Waals surface area contributed by atoms with Crippen molar-refractivity contribution in [2.45, 2.75) is 78.0 Å². The quantitative estimate of drug-likeness (QED) is 0.373. The van der Waals surface area contributed by atoms with Crippen LogP contribution < -0.4 is 15.4 Å². The van der Waals surface area contributed by atoms with Crippen molar-refractivity contribution in [2.75, 3.05) is 45.8 Å². The van der Waals surface area contributed by atoms with Gasteiger partial charge in [0.2, 0.25) is 11.8 Å². The third-order valence-corrected chi connectivity index (χ3v) is 8.57. The molecule has 0 radical (unpaired) electrons. The predicted molar refractivity (Wildman–Crippen MR) is 173 cm³/mol. The predicted octanol–water partition coefficient (Wildman–Crippen LogP) is 4.46. The number of urea groups is 1. The zero-order valence-corrected chi connectivity index (χ0v) is 26.8. The Bertz CT molecular complexity index is 1170. The van der Waals surface area contributed by atoms with Crippen LogP contribution in [-0.2, 0) is 22.6 Å². The number of hydrogen-bond acceptors (Lipinski definition) is 5. The van der Waals surface area contributed by atoms with E-state index in [9.17, 15) is 14.4 Å². The van der Waals surface area contributed by atoms with Gasteiger partial charge in [-0.2, -0.15) is 0 Å². The fourth-order valence-electron chi connectivity index (χ4n) is 5.89. The molecule has 2 atom stereocenters. The number of nitrogens with one attached hydrogen (secondary N) is 2. The third-order valence-electron chi connectivity index (χ3n) is 8.57. The number of carbonyl (C=O) groups is 3. The van der Waals surface area contributed by atoms with Gasteiger partial charge in [0.25, 0.3) is 0 Å². The lowest BCUT2D eigenvalue weighted by Gasteiger charge is -2.36. The SMILES string of the molecule is CCN1CCN(C(=O)[C@H](Cc2ccc(OCc3ccccc3)cc2)NC(=O)[C@H](CC(C)C)NC(=O)N2CCCCCC2)CC1. The highest BCUT2D eigenvalue weighted by molar-refractivity contribution is 5.92. The van der Waals surface area contributed by atoms with Crippen molar-refractivity contribution >= 4 is 17.8 Å². The molecule has 4 amide bonds. The molecule has 2 aromatic carbocycles. The van der Waals surface area contributed by atoms with Crippen LogP contribution in [0.5, 0.6) is 5.75 Å². The van der Waals surface area contributed by atoms with Gasteiger partial charge in [-0.25, -0.2) is 4.79 Å². The first-order valence-corrected chi connectivity index (χ1v) is 16.4. The first-order chi connectivity index (χ1) is 21.3. The maximum Gasteiger partial charge on any atom is 0.318 e. The zero-order valence-electron chi connectivity index (χ0n) is 26.8. The molecule has 0 bridgehead atoms. The summed E-state index contributed by atoms with van der Waals surface area (Å²) in [6, 6.07) is 16.1. The summed E-state index contributed by atoms with van der Waals surface area (Å²) in [6.45, 7) is 11.9. The number of rotatable bonds is 12. The Labute approximate surface area is 263 Å². The average molecular weight is 606 g/mol. The van der Waals surface area contributed by atoms with Crippen molar-refractivity contribution in [1.82, 2.24) is 25.3 Å². The average Bonchev–Trinajstić information content (AvgIpc) is 3.34. The number of ether oxygens (including phenoxy) is 1. The lowest BCUT2D eigenvalue weighted by Crippen LogP contribution is -2.58. The van der Waals surface area contributed by atoms with E-state index in [1.807, 2.05) is 78.2 Å². The number of nitrogens with zero attached hydrogens (tertiary/aromatic N) is 3. The van der Waals surface area contributed by atoms with Crippen LogP contribution in [0.2, 0.25) is 0 Å². The first kappa shape index (κ1) is 33.3. The molecule has 2 saturated heterocycles. The lowest BCUT2D eigenvalue weighted by molar-refractivity contribution is -0.138. The molecular weight excluding hydrogens is 554 g/mol. The maximum absolute atomic E-state index is 13.9. The van der Waals surface area contributed by atoms with Crippen LogP contribution >= 0.6 is 0 Å². The summed E-state index contributed by atoms with van der Waals surface area (Å²) >= 11 is 0. The summed E-state index contributed by atoms with van der Waals surface area (Å²) in [5.41, 5.74) is 2.02. The van der Waals surface area contributed by atoms with Gasteiger partial charge in [-0.3, -0.25) is 9.59 Å². The molecule has 0 aliphatic carbocycles. The van der Waals surface area contributed by atoms with Crippen molar-refractivity contribution < 1.29 is 19.1 Å². The van der Waals surface area contributed by atoms with Gasteiger partial charge in [-0.1, -0.05) is 76.1 Å². The van der Waals surface area contributed by atoms with E-state index >= 15 is 0 Å². The minimum atomic E-state index is -0.739. The topological polar surface area (TPSA) is 94.2 Å². The summed E-state index contributed by atoms with van der Waals surface area (Å²) in [5, 5.41) is 6.08. The highest BCUT2D eigenvalue weighted by Crippen LogP contribution is 2.17. The molecule has 0 spiro atoms. The largest absolute Gasteiger partial charge is 0.489 e. The van der Waals surface area contributed by atoms with E-state index in [1.54, 1.807) is 0 Å². The van der Waals surface area contributed by atoms with E-state index in [2.05, 4.69) is 22.5 Å². The van der Waals surface area contributed by atoms with E-state index in [1.165, 1.54) is 0 Å². The number of hydrogen-bond donors (Lipinski definition) is 2. The Balaban J connectivity index is 1.45. The molecule has 9 heteroatoms. The number of carbonyl (C=O) groups excluding carboxylic acids is 3. The summed E-state index contributed by atoms with van der Waals surface area (Å²) in [4.78, 5) is 46.9. The molecule has 2 N–H and O–H groups in total. The molecule has 44 heavy (non-hydrogen) atoms. The molecule has 2 aliphatic heterocycles. The Morgan fingerprint density at radius 3 is 2.02 bits per heavy atom. The van der Waals surface area contributed by atoms with Gasteiger partial charge < -0.3 is 30.1 Å². The van der Waals surface area contributed by atoms with E-state index in [-0.39, 0.29) is 23.8 Å². The molecular formula is C35H51N5O4. The summed E-state index contributed by atoms with van der Waals surface area (Å²) in [5.74, 6) is 0.541. The van der Waals surface area contributed by atoms with Crippen LogP contribution in [0, 0.1) is 5.92 Å². The normalized spacial score (nSPS) is 17.5. The van der Waals surface area contributed by atoms with Crippen LogP contribution in [0.3, 0.4) is 0 Å². The van der Waals surface area contributed by atoms with Gasteiger partial charge in [0, 0.05) is 45.7 Å². The van der Waals surface area contributed by atoms with Crippen molar-refractivity contribution in [1.29, 1.82) is 0 Å². The lowest BCUT2D eigenvalue weighted by atomic mass is 10.0. The Morgan fingerprint density at radius 1 is 0.750 bits per heavy atom. The van der Waals surface area contributed by atoms with Gasteiger partial charge >= 0.3 is 6.03 Å². The number of piperazine rings is 1. The number of likely N-dealkylation sites (N-methyl/N-ethyl adjacent to an activating group) is 1. The maximum atomic E-state index is 13.9. The summed E-state index contributed by atoms with van der Waals surface area (Å²) < 4.78 is 5.95. The third kappa shape index (κ3) is 10.3. The van der Waals surface area contributed by atoms with Crippen LogP contribution in [0.1, 0.15) is 64.0 Å². The molecule has 2 aliphatic rings. The van der Waals surface area contributed by atoms with E-state index in [0.29, 0.717) is 45.6 Å². The van der Waals surface area contributed by atoms with Gasteiger partial charge in [-0.05, 0) is 55.0 Å². The standard InChI is InChI=1S/C35H51N5O4/c1-4-38-20-22-39(23-21-38)34(42)32(25-28-14-16-30(17-15-28)44-26-29-12-8-7-9-13-29)36-33(41)31(24-27(2)3)37-35(43)40-18-10-5-6-11-19-40/h7-9,12-17,27,31-32H,4-6,10-11,18-26H2,1-3H3,(H,36,41)(H,37,43)/t31-,32-/m0/s1. The van der Waals surface area contributed by atoms with Crippen molar-refractivity contribution in [3.8, 4) is 5.75 Å². The van der Waals surface area contributed by atoms with E-state index in [0.717, 1.165) is 62.2 Å². The van der Waals surface area contributed by atoms with Crippen LogP contribution in [0.4, 0.5) is 4.79 Å². The Hall–Kier alpha value is -3.59. The molecule has 2 fully saturated rings. The second-order valence-electron chi connectivity index (χ2n) is 12.5. The second kappa shape index (κ2) is 17.0. The monoisotopic (exact) mass is 605 g/mol. The van der Waals surface area contributed by atoms with Crippen LogP contribution in [0.15, 0.2) is 54.6 Å². The molecule has 4 rings (SSSR count). The fourth-order valence-corrected chi connectivity index (χ4v) is 5.89. The summed E-state index contributed by atoms with van der Waals surface area (Å²) in [6.07, 6.45) is 5.05. The second-order valence-corrected chi connectivity index (χ2v) is 12.5. The minimum absolute atomic E-state index is 0.0827. The molecule has 2 heterocycles. The van der Waals surface area contributed by atoms with Gasteiger partial charge in [-0.15, -0.1) is 0 Å². The van der Waals surface area contributed by atoms with Crippen molar-refractivity contribution in [3.05, 3.63) is 65.7 Å². The van der Waals surface area contributed by atoms with E-state index < -0.39 is 12.1 Å². The molecule has 0 unspecified atom stereocenters. The first-order valence-electron chi connectivity index (χ1n) is 16.4. The molecule has 9 nitrogen and oxygen atoms in total. The van der Waals surface area contributed by atoms with Crippen LogP contribution in [-0.4, -0.2) is 90.4 Å². The Morgan fingerprint density at radius 2 is 1.41 bits per heavy atom. The highest BCUT2D eigenvalue weighted by Gasteiger charge is 2.32.